The summed E-state index contributed by atoms with van der Waals surface area (Å²) in [7, 11) is -8.14. The van der Waals surface area contributed by atoms with Gasteiger partial charge in [0.25, 0.3) is 0 Å². The molecule has 0 atom stereocenters. The molecule has 0 unspecified atom stereocenters. The highest BCUT2D eigenvalue weighted by Gasteiger charge is 2.52. The van der Waals surface area contributed by atoms with Crippen molar-refractivity contribution in [2.45, 2.75) is 17.1 Å². The summed E-state index contributed by atoms with van der Waals surface area (Å²) in [6.07, 6.45) is 0. The summed E-state index contributed by atoms with van der Waals surface area (Å²) in [5.41, 5.74) is -1.72. The molecule has 0 radical (unpaired) electrons. The molecule has 0 saturated carbocycles. The Bertz CT molecular complexity index is 1050. The largest absolute Gasteiger partial charge is 0.497 e. The van der Waals surface area contributed by atoms with Gasteiger partial charge >= 0.3 is 15.4 Å². The molecule has 0 spiro atoms. The second-order valence-electron chi connectivity index (χ2n) is 5.42. The molecule has 0 N–H and O–H groups in total. The molecular formula is C17H17F2NO6S2. The van der Waals surface area contributed by atoms with E-state index in [-0.39, 0.29) is 5.56 Å². The van der Waals surface area contributed by atoms with E-state index in [1.54, 1.807) is 0 Å². The number of alkyl halides is 2. The first kappa shape index (κ1) is 21.8. The lowest BCUT2D eigenvalue weighted by Gasteiger charge is -2.19. The number of hydrogen-bond donors (Lipinski definition) is 0. The van der Waals surface area contributed by atoms with Gasteiger partial charge in [-0.2, -0.15) is 17.2 Å². The minimum atomic E-state index is -5.25. The maximum absolute atomic E-state index is 15.1. The van der Waals surface area contributed by atoms with Crippen molar-refractivity contribution in [1.29, 1.82) is 0 Å². The zero-order chi connectivity index (χ0) is 21.0. The normalized spacial score (nSPS) is 13.2. The lowest BCUT2D eigenvalue weighted by Crippen LogP contribution is -2.39. The number of ether oxygens (including phenoxy) is 1. The average molecular weight is 433 g/mol. The lowest BCUT2D eigenvalue weighted by atomic mass is 10.1. The second-order valence-corrected chi connectivity index (χ2v) is 9.26. The Kier molecular flexibility index (Phi) is 6.40. The summed E-state index contributed by atoms with van der Waals surface area (Å²) in [4.78, 5) is -0.653. The topological polar surface area (TPSA) is 99.1 Å². The minimum Gasteiger partial charge on any atom is -0.497 e. The summed E-state index contributed by atoms with van der Waals surface area (Å²) < 4.78 is 87.5. The summed E-state index contributed by atoms with van der Waals surface area (Å²) in [6.45, 7) is 1.22. The van der Waals surface area contributed by atoms with Crippen molar-refractivity contribution < 1.29 is 34.6 Å². The van der Waals surface area contributed by atoms with Gasteiger partial charge in [0.05, 0.1) is 17.8 Å². The molecule has 0 heterocycles. The van der Waals surface area contributed by atoms with Gasteiger partial charge < -0.3 is 4.74 Å². The highest BCUT2D eigenvalue weighted by Crippen LogP contribution is 2.33. The molecule has 0 aliphatic heterocycles. The summed E-state index contributed by atoms with van der Waals surface area (Å²) in [5, 5.41) is -1.56. The Labute approximate surface area is 161 Å². The number of oxime groups is 1. The van der Waals surface area contributed by atoms with Crippen LogP contribution in [0, 0.1) is 0 Å². The van der Waals surface area contributed by atoms with E-state index in [1.165, 1.54) is 44.4 Å². The first-order valence-electron chi connectivity index (χ1n) is 7.87. The number of benzene rings is 2. The van der Waals surface area contributed by atoms with Crippen LogP contribution in [0.5, 0.6) is 5.75 Å². The molecule has 0 amide bonds. The van der Waals surface area contributed by atoms with Gasteiger partial charge in [-0.15, -0.1) is 0 Å². The molecule has 0 aromatic heterocycles. The van der Waals surface area contributed by atoms with Gasteiger partial charge in [-0.1, -0.05) is 23.4 Å². The first-order valence-corrected chi connectivity index (χ1v) is 10.9. The van der Waals surface area contributed by atoms with E-state index in [2.05, 4.69) is 9.44 Å². The van der Waals surface area contributed by atoms with Gasteiger partial charge in [-0.05, 0) is 43.3 Å². The van der Waals surface area contributed by atoms with Crippen LogP contribution in [0.15, 0.2) is 64.6 Å². The molecule has 28 heavy (non-hydrogen) atoms. The fraction of sp³-hybridized carbons (Fsp3) is 0.235. The Balaban J connectivity index is 2.63. The molecule has 152 valence electrons. The van der Waals surface area contributed by atoms with Gasteiger partial charge in [0.15, 0.2) is 5.71 Å². The second kappa shape index (κ2) is 8.23. The van der Waals surface area contributed by atoms with Crippen molar-refractivity contribution in [3.05, 3.63) is 60.2 Å². The van der Waals surface area contributed by atoms with Crippen LogP contribution in [0.3, 0.4) is 0 Å². The van der Waals surface area contributed by atoms with Crippen molar-refractivity contribution >= 4 is 25.7 Å². The van der Waals surface area contributed by atoms with Crippen molar-refractivity contribution in [1.82, 2.24) is 0 Å². The van der Waals surface area contributed by atoms with Crippen LogP contribution >= 0.6 is 0 Å². The maximum Gasteiger partial charge on any atom is 0.395 e. The molecule has 2 aromatic rings. The Morgan fingerprint density at radius 1 is 1.00 bits per heavy atom. The summed E-state index contributed by atoms with van der Waals surface area (Å²) in [6, 6.07) is 10.9. The number of hydrogen-bond acceptors (Lipinski definition) is 7. The summed E-state index contributed by atoms with van der Waals surface area (Å²) in [5.74, 6) is -0.219. The monoisotopic (exact) mass is 433 g/mol. The van der Waals surface area contributed by atoms with Crippen molar-refractivity contribution in [3.8, 4) is 5.75 Å². The predicted octanol–water partition coefficient (Wildman–Crippen LogP) is 2.83. The zero-order valence-electron chi connectivity index (χ0n) is 14.9. The minimum absolute atomic E-state index is 0.319. The lowest BCUT2D eigenvalue weighted by molar-refractivity contribution is 0.164. The highest BCUT2D eigenvalue weighted by atomic mass is 32.2. The third kappa shape index (κ3) is 4.47. The number of halogens is 2. The van der Waals surface area contributed by atoms with Gasteiger partial charge in [-0.3, -0.25) is 4.28 Å². The van der Waals surface area contributed by atoms with E-state index in [4.69, 9.17) is 4.74 Å². The number of sulfone groups is 1. The van der Waals surface area contributed by atoms with Crippen molar-refractivity contribution in [2.75, 3.05) is 12.9 Å². The molecule has 0 aliphatic carbocycles. The van der Waals surface area contributed by atoms with Crippen LogP contribution in [0.4, 0.5) is 8.78 Å². The fourth-order valence-electron chi connectivity index (χ4n) is 2.04. The van der Waals surface area contributed by atoms with Crippen molar-refractivity contribution in [3.63, 3.8) is 0 Å². The molecular weight excluding hydrogens is 416 g/mol. The van der Waals surface area contributed by atoms with Crippen LogP contribution in [0.1, 0.15) is 12.5 Å². The first-order chi connectivity index (χ1) is 13.0. The molecule has 7 nitrogen and oxygen atoms in total. The maximum atomic E-state index is 15.1. The van der Waals surface area contributed by atoms with E-state index < -0.39 is 41.6 Å². The SMILES string of the molecule is CCS(=O)(=O)ON=C(c1ccc(OC)cc1)C(F)(F)S(=O)(=O)c1ccccc1. The van der Waals surface area contributed by atoms with Gasteiger partial charge in [0, 0.05) is 5.56 Å². The van der Waals surface area contributed by atoms with Crippen LogP contribution in [0.25, 0.3) is 0 Å². The third-order valence-corrected chi connectivity index (χ3v) is 6.40. The molecule has 0 bridgehead atoms. The highest BCUT2D eigenvalue weighted by molar-refractivity contribution is 7.93. The smallest absolute Gasteiger partial charge is 0.395 e. The average Bonchev–Trinajstić information content (AvgIpc) is 2.69. The number of methoxy groups -OCH3 is 1. The Hall–Kier alpha value is -2.53. The molecule has 2 rings (SSSR count). The Morgan fingerprint density at radius 2 is 1.57 bits per heavy atom. The molecule has 0 aliphatic rings. The molecule has 0 saturated heterocycles. The standard InChI is InChI=1S/C17H17F2NO6S2/c1-3-27(21,22)26-20-16(13-9-11-14(25-2)12-10-13)17(18,19)28(23,24)15-7-5-4-6-8-15/h4-12H,3H2,1-2H3. The molecule has 11 heteroatoms. The van der Waals surface area contributed by atoms with E-state index in [0.29, 0.717) is 5.75 Å². The molecule has 2 aromatic carbocycles. The molecule has 0 fully saturated rings. The Morgan fingerprint density at radius 3 is 2.07 bits per heavy atom. The third-order valence-electron chi connectivity index (χ3n) is 3.63. The summed E-state index contributed by atoms with van der Waals surface area (Å²) >= 11 is 0. The van der Waals surface area contributed by atoms with Crippen molar-refractivity contribution in [2.24, 2.45) is 5.16 Å². The van der Waals surface area contributed by atoms with Gasteiger partial charge in [-0.25, -0.2) is 8.42 Å². The zero-order valence-corrected chi connectivity index (χ0v) is 16.5. The van der Waals surface area contributed by atoms with E-state index in [1.807, 2.05) is 0 Å². The van der Waals surface area contributed by atoms with E-state index in [9.17, 15) is 16.8 Å². The quantitative estimate of drug-likeness (QED) is 0.469. The van der Waals surface area contributed by atoms with Crippen LogP contribution < -0.4 is 4.74 Å². The van der Waals surface area contributed by atoms with Gasteiger partial charge in [0.1, 0.15) is 5.75 Å². The van der Waals surface area contributed by atoms with Gasteiger partial charge in [0.2, 0.25) is 9.84 Å². The number of rotatable bonds is 8. The van der Waals surface area contributed by atoms with E-state index in [0.717, 1.165) is 24.3 Å². The van der Waals surface area contributed by atoms with Crippen LogP contribution in [-0.4, -0.2) is 40.7 Å². The van der Waals surface area contributed by atoms with E-state index >= 15 is 8.78 Å². The number of nitrogens with zero attached hydrogens (tertiary/aromatic N) is 1. The van der Waals surface area contributed by atoms with Crippen LogP contribution in [0.2, 0.25) is 0 Å². The predicted molar refractivity (Wildman–Crippen MR) is 98.7 cm³/mol. The van der Waals surface area contributed by atoms with Crippen LogP contribution in [-0.2, 0) is 24.2 Å². The fourth-order valence-corrected chi connectivity index (χ4v) is 3.56.